The van der Waals surface area contributed by atoms with Crippen LogP contribution >= 0.6 is 0 Å². The van der Waals surface area contributed by atoms with Crippen LogP contribution in [0.1, 0.15) is 32.3 Å². The van der Waals surface area contributed by atoms with E-state index < -0.39 is 29.3 Å². The summed E-state index contributed by atoms with van der Waals surface area (Å²) < 4.78 is 0. The predicted octanol–water partition coefficient (Wildman–Crippen LogP) is 1.08. The number of rotatable bonds is 8. The topological polar surface area (TPSA) is 117 Å². The molecule has 1 aromatic heterocycles. The number of aliphatic carboxylic acids is 2. The smallest absolute Gasteiger partial charge is 0.341 e. The summed E-state index contributed by atoms with van der Waals surface area (Å²) in [6, 6.07) is 3.14. The van der Waals surface area contributed by atoms with Crippen molar-refractivity contribution in [3.63, 3.8) is 0 Å². The molecule has 7 nitrogen and oxygen atoms in total. The van der Waals surface area contributed by atoms with E-state index in [1.165, 1.54) is 12.4 Å². The van der Waals surface area contributed by atoms with E-state index in [-0.39, 0.29) is 6.42 Å². The van der Waals surface area contributed by atoms with Gasteiger partial charge < -0.3 is 15.5 Å². The summed E-state index contributed by atoms with van der Waals surface area (Å²) in [4.78, 5) is 39.2. The van der Waals surface area contributed by atoms with Gasteiger partial charge in [0.2, 0.25) is 11.4 Å². The van der Waals surface area contributed by atoms with Crippen molar-refractivity contribution < 1.29 is 24.6 Å². The number of hydrogen-bond acceptors (Lipinski definition) is 4. The Morgan fingerprint density at radius 1 is 1.23 bits per heavy atom. The zero-order valence-corrected chi connectivity index (χ0v) is 12.6. The Labute approximate surface area is 128 Å². The average Bonchev–Trinajstić information content (AvgIpc) is 2.48. The number of aromatic nitrogens is 1. The highest BCUT2D eigenvalue weighted by Gasteiger charge is 2.48. The van der Waals surface area contributed by atoms with Crippen LogP contribution < -0.4 is 5.32 Å². The second-order valence-corrected chi connectivity index (χ2v) is 5.06. The van der Waals surface area contributed by atoms with E-state index in [2.05, 4.69) is 10.3 Å². The molecule has 0 radical (unpaired) electrons. The number of carboxylic acids is 2. The molecule has 0 atom stereocenters. The van der Waals surface area contributed by atoms with Gasteiger partial charge >= 0.3 is 11.9 Å². The van der Waals surface area contributed by atoms with Crippen molar-refractivity contribution in [2.45, 2.75) is 38.6 Å². The third-order valence-electron chi connectivity index (χ3n) is 3.62. The summed E-state index contributed by atoms with van der Waals surface area (Å²) >= 11 is 0. The predicted molar refractivity (Wildman–Crippen MR) is 78.2 cm³/mol. The molecule has 1 amide bonds. The van der Waals surface area contributed by atoms with Gasteiger partial charge in [-0.25, -0.2) is 9.59 Å². The Balaban J connectivity index is 3.14. The molecule has 0 fully saturated rings. The highest BCUT2D eigenvalue weighted by atomic mass is 16.4. The molecule has 3 N–H and O–H groups in total. The summed E-state index contributed by atoms with van der Waals surface area (Å²) in [5.41, 5.74) is -1.99. The highest BCUT2D eigenvalue weighted by molar-refractivity contribution is 6.06. The number of amides is 1. The molecular weight excluding hydrogens is 288 g/mol. The molecule has 7 heteroatoms. The zero-order chi connectivity index (χ0) is 16.8. The van der Waals surface area contributed by atoms with Gasteiger partial charge in [-0.2, -0.15) is 0 Å². The number of hydrogen-bond donors (Lipinski definition) is 3. The summed E-state index contributed by atoms with van der Waals surface area (Å²) in [6.45, 7) is 3.58. The van der Waals surface area contributed by atoms with Crippen LogP contribution in [-0.4, -0.2) is 38.6 Å². The molecule has 0 aliphatic heterocycles. The zero-order valence-electron chi connectivity index (χ0n) is 12.6. The monoisotopic (exact) mass is 308 g/mol. The molecule has 120 valence electrons. The Hall–Kier alpha value is -2.44. The molecule has 0 spiro atoms. The quantitative estimate of drug-likeness (QED) is 0.619. The minimum atomic E-state index is -2.40. The molecule has 0 unspecified atom stereocenters. The van der Waals surface area contributed by atoms with Crippen LogP contribution in [0.2, 0.25) is 0 Å². The SMILES string of the molecule is CCC(CC)C(=O)NC(Cc1cccnc1)(C(=O)O)C(=O)O. The number of carboxylic acid groups (broad SMARTS) is 2. The van der Waals surface area contributed by atoms with Crippen molar-refractivity contribution in [2.75, 3.05) is 0 Å². The third kappa shape index (κ3) is 3.81. The number of carbonyl (C=O) groups excluding carboxylic acids is 1. The third-order valence-corrected chi connectivity index (χ3v) is 3.62. The molecule has 0 saturated heterocycles. The number of pyridine rings is 1. The van der Waals surface area contributed by atoms with Crippen LogP contribution in [0.5, 0.6) is 0 Å². The van der Waals surface area contributed by atoms with Crippen molar-refractivity contribution in [3.8, 4) is 0 Å². The molecule has 0 saturated carbocycles. The van der Waals surface area contributed by atoms with Gasteiger partial charge in [0.25, 0.3) is 0 Å². The van der Waals surface area contributed by atoms with Crippen LogP contribution in [0.15, 0.2) is 24.5 Å². The summed E-state index contributed by atoms with van der Waals surface area (Å²) in [6.07, 6.45) is 3.51. The van der Waals surface area contributed by atoms with Gasteiger partial charge in [-0.15, -0.1) is 0 Å². The van der Waals surface area contributed by atoms with Crippen LogP contribution in [0.4, 0.5) is 0 Å². The first-order chi connectivity index (χ1) is 10.4. The largest absolute Gasteiger partial charge is 0.479 e. The Kier molecular flexibility index (Phi) is 6.03. The van der Waals surface area contributed by atoms with E-state index in [4.69, 9.17) is 0 Å². The standard InChI is InChI=1S/C15H20N2O5/c1-3-11(4-2)12(18)17-15(13(19)20,14(21)22)8-10-6-5-7-16-9-10/h5-7,9,11H,3-4,8H2,1-2H3,(H,17,18)(H,19,20)(H,21,22). The lowest BCUT2D eigenvalue weighted by Gasteiger charge is -2.28. The normalized spacial score (nSPS) is 11.2. The van der Waals surface area contributed by atoms with Crippen molar-refractivity contribution in [2.24, 2.45) is 5.92 Å². The Bertz CT molecular complexity index is 526. The van der Waals surface area contributed by atoms with Gasteiger partial charge in [-0.1, -0.05) is 19.9 Å². The van der Waals surface area contributed by atoms with E-state index in [1.54, 1.807) is 26.0 Å². The first-order valence-corrected chi connectivity index (χ1v) is 7.05. The van der Waals surface area contributed by atoms with Gasteiger partial charge in [-0.3, -0.25) is 9.78 Å². The molecular formula is C15H20N2O5. The van der Waals surface area contributed by atoms with E-state index in [0.29, 0.717) is 18.4 Å². The molecule has 0 aliphatic rings. The minimum Gasteiger partial charge on any atom is -0.479 e. The van der Waals surface area contributed by atoms with Crippen LogP contribution in [0, 0.1) is 5.92 Å². The van der Waals surface area contributed by atoms with E-state index in [1.807, 2.05) is 0 Å². The van der Waals surface area contributed by atoms with Gasteiger partial charge in [0.05, 0.1) is 0 Å². The van der Waals surface area contributed by atoms with E-state index in [9.17, 15) is 24.6 Å². The Morgan fingerprint density at radius 3 is 2.23 bits per heavy atom. The van der Waals surface area contributed by atoms with Crippen LogP contribution in [0.3, 0.4) is 0 Å². The van der Waals surface area contributed by atoms with Gasteiger partial charge in [0.15, 0.2) is 0 Å². The first-order valence-electron chi connectivity index (χ1n) is 7.05. The lowest BCUT2D eigenvalue weighted by molar-refractivity contribution is -0.161. The summed E-state index contributed by atoms with van der Waals surface area (Å²) in [7, 11) is 0. The van der Waals surface area contributed by atoms with E-state index >= 15 is 0 Å². The van der Waals surface area contributed by atoms with Crippen molar-refractivity contribution in [1.29, 1.82) is 0 Å². The van der Waals surface area contributed by atoms with E-state index in [0.717, 1.165) is 0 Å². The van der Waals surface area contributed by atoms with Crippen molar-refractivity contribution >= 4 is 17.8 Å². The Morgan fingerprint density at radius 2 is 1.82 bits per heavy atom. The lowest BCUT2D eigenvalue weighted by atomic mass is 9.90. The number of carbonyl (C=O) groups is 3. The first kappa shape index (κ1) is 17.6. The summed E-state index contributed by atoms with van der Waals surface area (Å²) in [5, 5.41) is 21.0. The molecule has 22 heavy (non-hydrogen) atoms. The molecule has 1 rings (SSSR count). The maximum atomic E-state index is 12.2. The van der Waals surface area contributed by atoms with Gasteiger partial charge in [-0.05, 0) is 24.5 Å². The summed E-state index contributed by atoms with van der Waals surface area (Å²) in [5.74, 6) is -4.21. The van der Waals surface area contributed by atoms with Crippen LogP contribution in [0.25, 0.3) is 0 Å². The maximum Gasteiger partial charge on any atom is 0.341 e. The molecule has 0 aliphatic carbocycles. The number of nitrogens with one attached hydrogen (secondary N) is 1. The maximum absolute atomic E-state index is 12.2. The second kappa shape index (κ2) is 7.53. The van der Waals surface area contributed by atoms with Gasteiger partial charge in [0.1, 0.15) is 0 Å². The average molecular weight is 308 g/mol. The lowest BCUT2D eigenvalue weighted by Crippen LogP contribution is -2.62. The van der Waals surface area contributed by atoms with Crippen molar-refractivity contribution in [1.82, 2.24) is 10.3 Å². The number of nitrogens with zero attached hydrogens (tertiary/aromatic N) is 1. The second-order valence-electron chi connectivity index (χ2n) is 5.06. The fourth-order valence-electron chi connectivity index (χ4n) is 2.17. The minimum absolute atomic E-state index is 0.378. The fraction of sp³-hybridized carbons (Fsp3) is 0.467. The molecule has 1 heterocycles. The fourth-order valence-corrected chi connectivity index (χ4v) is 2.17. The molecule has 0 aromatic carbocycles. The molecule has 0 bridgehead atoms. The van der Waals surface area contributed by atoms with Crippen molar-refractivity contribution in [3.05, 3.63) is 30.1 Å². The molecule has 1 aromatic rings. The highest BCUT2D eigenvalue weighted by Crippen LogP contribution is 2.17. The van der Waals surface area contributed by atoms with Crippen LogP contribution in [-0.2, 0) is 20.8 Å². The van der Waals surface area contributed by atoms with Gasteiger partial charge in [0, 0.05) is 24.7 Å².